The standard InChI is InChI=1S/C20H15FNO.C19H26NSi.Ir/c1-12(2)13-8-9-22-18(10-13)17-5-3-4-16-15-7-6-14(21)11-19(15)23-20(16)17;1-19(2,3)13-16-12-17(15-10-8-7-9-11-15)20-14-18(16)21(4,5)6;/h3-4,6-12H,1-2H3;7-10,12,14H,13H2,1-6H3;/q2*-1;. The number of aromatic nitrogens is 2. The van der Waals surface area contributed by atoms with Crippen molar-refractivity contribution in [1.82, 2.24) is 9.97 Å². The van der Waals surface area contributed by atoms with E-state index in [0.29, 0.717) is 17.1 Å². The quantitative estimate of drug-likeness (QED) is 0.129. The monoisotopic (exact) mass is 793 g/mol. The molecule has 0 saturated heterocycles. The Bertz CT molecular complexity index is 1900. The molecule has 0 unspecified atom stereocenters. The second kappa shape index (κ2) is 13.9. The maximum atomic E-state index is 13.5. The fourth-order valence-corrected chi connectivity index (χ4v) is 7.01. The number of hydrogen-bond acceptors (Lipinski definition) is 3. The van der Waals surface area contributed by atoms with E-state index in [1.165, 1.54) is 28.4 Å². The largest absolute Gasteiger partial charge is 0.500 e. The van der Waals surface area contributed by atoms with Crippen LogP contribution in [-0.4, -0.2) is 18.0 Å². The van der Waals surface area contributed by atoms with Crippen molar-refractivity contribution in [2.45, 2.75) is 66.6 Å². The Morgan fingerprint density at radius 1 is 0.867 bits per heavy atom. The average Bonchev–Trinajstić information content (AvgIpc) is 3.34. The smallest absolute Gasteiger partial charge is 0.126 e. The molecule has 6 aromatic rings. The second-order valence-electron chi connectivity index (χ2n) is 14.0. The molecular weight excluding hydrogens is 752 g/mol. The van der Waals surface area contributed by atoms with E-state index in [-0.39, 0.29) is 31.3 Å². The molecule has 0 aliphatic carbocycles. The molecule has 0 fully saturated rings. The molecule has 0 aliphatic heterocycles. The number of rotatable bonds is 5. The van der Waals surface area contributed by atoms with Crippen molar-refractivity contribution in [3.05, 3.63) is 114 Å². The number of furan rings is 1. The average molecular weight is 793 g/mol. The molecule has 0 atom stereocenters. The molecule has 0 bridgehead atoms. The molecule has 0 aliphatic rings. The summed E-state index contributed by atoms with van der Waals surface area (Å²) in [5.74, 6) is 0.114. The Morgan fingerprint density at radius 3 is 2.31 bits per heavy atom. The first-order valence-corrected chi connectivity index (χ1v) is 18.8. The van der Waals surface area contributed by atoms with E-state index in [1.807, 2.05) is 36.4 Å². The van der Waals surface area contributed by atoms with Crippen molar-refractivity contribution in [2.75, 3.05) is 0 Å². The van der Waals surface area contributed by atoms with E-state index in [2.05, 4.69) is 95.8 Å². The summed E-state index contributed by atoms with van der Waals surface area (Å²) in [5.41, 5.74) is 7.94. The molecule has 0 N–H and O–H groups in total. The van der Waals surface area contributed by atoms with Crippen LogP contribution >= 0.6 is 0 Å². The molecule has 0 spiro atoms. The number of pyridine rings is 2. The van der Waals surface area contributed by atoms with Crippen LogP contribution in [0.5, 0.6) is 0 Å². The van der Waals surface area contributed by atoms with Gasteiger partial charge in [0.05, 0.1) is 13.7 Å². The van der Waals surface area contributed by atoms with Gasteiger partial charge in [0.1, 0.15) is 11.4 Å². The minimum Gasteiger partial charge on any atom is -0.500 e. The topological polar surface area (TPSA) is 38.9 Å². The maximum Gasteiger partial charge on any atom is 0.126 e. The minimum absolute atomic E-state index is 0. The van der Waals surface area contributed by atoms with Gasteiger partial charge in [0.25, 0.3) is 0 Å². The number of hydrogen-bond donors (Lipinski definition) is 0. The van der Waals surface area contributed by atoms with Crippen LogP contribution in [0, 0.1) is 23.4 Å². The minimum atomic E-state index is -1.37. The van der Waals surface area contributed by atoms with Crippen LogP contribution in [0.15, 0.2) is 89.6 Å². The van der Waals surface area contributed by atoms with Crippen LogP contribution in [0.3, 0.4) is 0 Å². The summed E-state index contributed by atoms with van der Waals surface area (Å²) < 4.78 is 19.4. The van der Waals surface area contributed by atoms with E-state index in [1.54, 1.807) is 12.3 Å². The van der Waals surface area contributed by atoms with E-state index < -0.39 is 8.07 Å². The van der Waals surface area contributed by atoms with E-state index in [0.717, 1.165) is 39.7 Å². The molecule has 3 aromatic carbocycles. The normalized spacial score (nSPS) is 11.8. The third kappa shape index (κ3) is 8.24. The van der Waals surface area contributed by atoms with Crippen molar-refractivity contribution < 1.29 is 28.9 Å². The second-order valence-corrected chi connectivity index (χ2v) is 19.0. The Labute approximate surface area is 281 Å². The molecule has 235 valence electrons. The van der Waals surface area contributed by atoms with Gasteiger partial charge in [-0.15, -0.1) is 54.1 Å². The van der Waals surface area contributed by atoms with Crippen molar-refractivity contribution in [3.8, 4) is 22.5 Å². The van der Waals surface area contributed by atoms with Gasteiger partial charge < -0.3 is 14.4 Å². The van der Waals surface area contributed by atoms with Gasteiger partial charge in [-0.05, 0) is 52.5 Å². The summed E-state index contributed by atoms with van der Waals surface area (Å²) in [6, 6.07) is 29.3. The molecule has 1 radical (unpaired) electrons. The number of fused-ring (bicyclic) bond motifs is 3. The van der Waals surface area contributed by atoms with Crippen LogP contribution in [0.25, 0.3) is 44.5 Å². The first-order chi connectivity index (χ1) is 20.8. The van der Waals surface area contributed by atoms with Gasteiger partial charge in [-0.2, -0.15) is 0 Å². The van der Waals surface area contributed by atoms with E-state index in [9.17, 15) is 4.39 Å². The molecule has 45 heavy (non-hydrogen) atoms. The fourth-order valence-electron chi connectivity index (χ4n) is 5.44. The van der Waals surface area contributed by atoms with Gasteiger partial charge in [-0.25, -0.2) is 4.39 Å². The number of halogens is 1. The number of nitrogens with zero attached hydrogens (tertiary/aromatic N) is 2. The molecule has 3 nitrogen and oxygen atoms in total. The molecular formula is C39H41FIrN2OSi-2. The van der Waals surface area contributed by atoms with Gasteiger partial charge in [-0.1, -0.05) is 88.5 Å². The molecule has 3 aromatic heterocycles. The van der Waals surface area contributed by atoms with Crippen LogP contribution in [-0.2, 0) is 26.5 Å². The summed E-state index contributed by atoms with van der Waals surface area (Å²) in [5, 5.41) is 3.33. The van der Waals surface area contributed by atoms with Crippen LogP contribution in [0.1, 0.15) is 51.7 Å². The molecule has 0 saturated carbocycles. The zero-order chi connectivity index (χ0) is 31.6. The predicted molar refractivity (Wildman–Crippen MR) is 184 cm³/mol. The van der Waals surface area contributed by atoms with Crippen molar-refractivity contribution >= 4 is 35.2 Å². The van der Waals surface area contributed by atoms with Gasteiger partial charge in [-0.3, -0.25) is 0 Å². The van der Waals surface area contributed by atoms with Gasteiger partial charge in [0, 0.05) is 44.0 Å². The van der Waals surface area contributed by atoms with Gasteiger partial charge >= 0.3 is 0 Å². The molecule has 6 rings (SSSR count). The first-order valence-electron chi connectivity index (χ1n) is 15.3. The zero-order valence-corrected chi connectivity index (χ0v) is 30.8. The molecule has 0 amide bonds. The zero-order valence-electron chi connectivity index (χ0n) is 27.4. The van der Waals surface area contributed by atoms with Gasteiger partial charge in [0.2, 0.25) is 0 Å². The SMILES string of the molecule is CC(C)(C)Cc1cc(-c2[c-]cccc2)ncc1[Si](C)(C)C.CC(C)c1ccnc(-c2[c-]ccc3c2oc2cc(F)ccc23)c1.[Ir]. The number of benzene rings is 3. The maximum absolute atomic E-state index is 13.5. The Morgan fingerprint density at radius 2 is 1.64 bits per heavy atom. The van der Waals surface area contributed by atoms with E-state index >= 15 is 0 Å². The molecule has 3 heterocycles. The summed E-state index contributed by atoms with van der Waals surface area (Å²) in [6.07, 6.45) is 5.01. The Hall–Kier alpha value is -3.44. The van der Waals surface area contributed by atoms with Crippen molar-refractivity contribution in [1.29, 1.82) is 0 Å². The first kappa shape index (κ1) is 34.4. The summed E-state index contributed by atoms with van der Waals surface area (Å²) in [6.45, 7) is 18.4. The predicted octanol–water partition coefficient (Wildman–Crippen LogP) is 10.4. The summed E-state index contributed by atoms with van der Waals surface area (Å²) in [7, 11) is -1.37. The van der Waals surface area contributed by atoms with Crippen molar-refractivity contribution in [2.24, 2.45) is 5.41 Å². The van der Waals surface area contributed by atoms with Crippen molar-refractivity contribution in [3.63, 3.8) is 0 Å². The van der Waals surface area contributed by atoms with Gasteiger partial charge in [0.15, 0.2) is 0 Å². The van der Waals surface area contributed by atoms with Crippen LogP contribution < -0.4 is 5.19 Å². The molecule has 6 heteroatoms. The van der Waals surface area contributed by atoms with Crippen LogP contribution in [0.2, 0.25) is 19.6 Å². The third-order valence-corrected chi connectivity index (χ3v) is 9.67. The summed E-state index contributed by atoms with van der Waals surface area (Å²) >= 11 is 0. The Balaban J connectivity index is 0.000000201. The van der Waals surface area contributed by atoms with E-state index in [4.69, 9.17) is 9.40 Å². The summed E-state index contributed by atoms with van der Waals surface area (Å²) in [4.78, 5) is 9.17. The fraction of sp³-hybridized carbons (Fsp3) is 0.282. The van der Waals surface area contributed by atoms with Crippen LogP contribution in [0.4, 0.5) is 4.39 Å². The third-order valence-electron chi connectivity index (χ3n) is 7.61. The Kier molecular flexibility index (Phi) is 10.6.